The van der Waals surface area contributed by atoms with Gasteiger partial charge >= 0.3 is 11.9 Å². The molecular formula is C10H10O7S. The minimum atomic E-state index is -4.69. The minimum absolute atomic E-state index is 0.0695. The molecule has 0 saturated carbocycles. The summed E-state index contributed by atoms with van der Waals surface area (Å²) in [6.45, 7) is 2.44. The lowest BCUT2D eigenvalue weighted by Crippen LogP contribution is -2.14. The van der Waals surface area contributed by atoms with Gasteiger partial charge in [0.2, 0.25) is 0 Å². The summed E-state index contributed by atoms with van der Waals surface area (Å²) in [6.07, 6.45) is 0. The highest BCUT2D eigenvalue weighted by Crippen LogP contribution is 2.26. The minimum Gasteiger partial charge on any atom is -0.478 e. The van der Waals surface area contributed by atoms with Crippen molar-refractivity contribution in [3.05, 3.63) is 28.3 Å². The molecule has 1 aromatic carbocycles. The van der Waals surface area contributed by atoms with Crippen LogP contribution >= 0.6 is 0 Å². The van der Waals surface area contributed by atoms with Crippen molar-refractivity contribution in [1.82, 2.24) is 0 Å². The Hall–Kier alpha value is -1.93. The zero-order valence-corrected chi connectivity index (χ0v) is 10.3. The van der Waals surface area contributed by atoms with Gasteiger partial charge in [-0.1, -0.05) is 0 Å². The molecule has 0 heterocycles. The molecule has 0 aliphatic carbocycles. The molecule has 98 valence electrons. The van der Waals surface area contributed by atoms with Crippen molar-refractivity contribution >= 4 is 22.1 Å². The molecule has 18 heavy (non-hydrogen) atoms. The van der Waals surface area contributed by atoms with Crippen LogP contribution in [-0.2, 0) is 10.1 Å². The van der Waals surface area contributed by atoms with Crippen molar-refractivity contribution in [2.75, 3.05) is 0 Å². The Kier molecular flexibility index (Phi) is 3.45. The first kappa shape index (κ1) is 14.1. The van der Waals surface area contributed by atoms with Crippen LogP contribution in [0.4, 0.5) is 0 Å². The largest absolute Gasteiger partial charge is 0.478 e. The van der Waals surface area contributed by atoms with E-state index >= 15 is 0 Å². The van der Waals surface area contributed by atoms with E-state index in [0.29, 0.717) is 0 Å². The fourth-order valence-electron chi connectivity index (χ4n) is 1.70. The van der Waals surface area contributed by atoms with Gasteiger partial charge < -0.3 is 10.2 Å². The fourth-order valence-corrected chi connectivity index (χ4v) is 2.45. The summed E-state index contributed by atoms with van der Waals surface area (Å²) in [5.41, 5.74) is -1.19. The Morgan fingerprint density at radius 2 is 1.56 bits per heavy atom. The van der Waals surface area contributed by atoms with Gasteiger partial charge in [-0.3, -0.25) is 4.55 Å². The molecule has 0 unspecified atom stereocenters. The predicted octanol–water partition coefficient (Wildman–Crippen LogP) is 0.947. The van der Waals surface area contributed by atoms with E-state index in [0.717, 1.165) is 6.07 Å². The van der Waals surface area contributed by atoms with E-state index in [9.17, 15) is 18.0 Å². The zero-order valence-electron chi connectivity index (χ0n) is 9.46. The maximum atomic E-state index is 11.1. The molecular weight excluding hydrogens is 264 g/mol. The standard InChI is InChI=1S/C10H10O7S/c1-4-6(9(11)12)3-7(18(15,16)17)5(2)8(4)10(13)14/h3H,1-2H3,(H,11,12)(H,13,14)(H,15,16,17). The van der Waals surface area contributed by atoms with E-state index in [1.807, 2.05) is 0 Å². The SMILES string of the molecule is Cc1c(C(=O)O)cc(S(=O)(=O)O)c(C)c1C(=O)O. The van der Waals surface area contributed by atoms with E-state index in [2.05, 4.69) is 0 Å². The maximum Gasteiger partial charge on any atom is 0.336 e. The van der Waals surface area contributed by atoms with Crippen LogP contribution in [0.15, 0.2) is 11.0 Å². The van der Waals surface area contributed by atoms with E-state index < -0.39 is 38.1 Å². The van der Waals surface area contributed by atoms with Gasteiger partial charge in [0.05, 0.1) is 16.0 Å². The topological polar surface area (TPSA) is 129 Å². The molecule has 1 rings (SSSR count). The van der Waals surface area contributed by atoms with Gasteiger partial charge in [0, 0.05) is 0 Å². The second-order valence-corrected chi connectivity index (χ2v) is 5.02. The van der Waals surface area contributed by atoms with Gasteiger partial charge in [-0.25, -0.2) is 9.59 Å². The van der Waals surface area contributed by atoms with Crippen LogP contribution < -0.4 is 0 Å². The van der Waals surface area contributed by atoms with Crippen LogP contribution in [0.2, 0.25) is 0 Å². The van der Waals surface area contributed by atoms with Crippen LogP contribution in [-0.4, -0.2) is 35.1 Å². The lowest BCUT2D eigenvalue weighted by Gasteiger charge is -2.12. The van der Waals surface area contributed by atoms with Crippen molar-refractivity contribution in [3.63, 3.8) is 0 Å². The summed E-state index contributed by atoms with van der Waals surface area (Å²) in [7, 11) is -4.69. The van der Waals surface area contributed by atoms with Crippen LogP contribution in [0.25, 0.3) is 0 Å². The molecule has 0 saturated heterocycles. The van der Waals surface area contributed by atoms with Crippen LogP contribution in [0.5, 0.6) is 0 Å². The first-order chi connectivity index (χ1) is 8.07. The van der Waals surface area contributed by atoms with Gasteiger partial charge in [-0.05, 0) is 31.0 Å². The van der Waals surface area contributed by atoms with Gasteiger partial charge in [0.15, 0.2) is 0 Å². The third kappa shape index (κ3) is 2.34. The molecule has 0 fully saturated rings. The number of aromatic carboxylic acids is 2. The molecule has 0 aliphatic heterocycles. The van der Waals surface area contributed by atoms with Crippen molar-refractivity contribution in [3.8, 4) is 0 Å². The maximum absolute atomic E-state index is 11.1. The van der Waals surface area contributed by atoms with Crippen molar-refractivity contribution in [2.45, 2.75) is 18.7 Å². The van der Waals surface area contributed by atoms with Gasteiger partial charge in [0.1, 0.15) is 0 Å². The molecule has 0 atom stereocenters. The number of carboxylic acid groups (broad SMARTS) is 2. The number of carbonyl (C=O) groups is 2. The van der Waals surface area contributed by atoms with E-state index in [-0.39, 0.29) is 11.1 Å². The highest BCUT2D eigenvalue weighted by Gasteiger charge is 2.25. The molecule has 8 heteroatoms. The zero-order chi connectivity index (χ0) is 14.2. The Morgan fingerprint density at radius 3 is 1.89 bits per heavy atom. The Bertz CT molecular complexity index is 643. The number of hydrogen-bond donors (Lipinski definition) is 3. The Balaban J connectivity index is 3.90. The Morgan fingerprint density at radius 1 is 1.06 bits per heavy atom. The van der Waals surface area contributed by atoms with Gasteiger partial charge in [-0.15, -0.1) is 0 Å². The van der Waals surface area contributed by atoms with E-state index in [1.54, 1.807) is 0 Å². The lowest BCUT2D eigenvalue weighted by atomic mass is 9.97. The summed E-state index contributed by atoms with van der Waals surface area (Å²) >= 11 is 0. The normalized spacial score (nSPS) is 11.3. The fraction of sp³-hybridized carbons (Fsp3) is 0.200. The smallest absolute Gasteiger partial charge is 0.336 e. The molecule has 3 N–H and O–H groups in total. The molecule has 0 spiro atoms. The van der Waals surface area contributed by atoms with E-state index in [1.165, 1.54) is 13.8 Å². The molecule has 0 aliphatic rings. The highest BCUT2D eigenvalue weighted by molar-refractivity contribution is 7.85. The number of carboxylic acids is 2. The Labute approximate surface area is 102 Å². The summed E-state index contributed by atoms with van der Waals surface area (Å²) in [4.78, 5) is 21.2. The molecule has 0 aromatic heterocycles. The van der Waals surface area contributed by atoms with Gasteiger partial charge in [0.25, 0.3) is 10.1 Å². The van der Waals surface area contributed by atoms with Crippen molar-refractivity contribution < 1.29 is 32.8 Å². The van der Waals surface area contributed by atoms with E-state index in [4.69, 9.17) is 14.8 Å². The molecule has 0 amide bonds. The second kappa shape index (κ2) is 4.39. The number of rotatable bonds is 3. The quantitative estimate of drug-likeness (QED) is 0.699. The average Bonchev–Trinajstić information content (AvgIpc) is 2.13. The highest BCUT2D eigenvalue weighted by atomic mass is 32.2. The molecule has 1 aromatic rings. The monoisotopic (exact) mass is 274 g/mol. The van der Waals surface area contributed by atoms with Crippen LogP contribution in [0.3, 0.4) is 0 Å². The number of hydrogen-bond acceptors (Lipinski definition) is 4. The molecule has 0 bridgehead atoms. The first-order valence-electron chi connectivity index (χ1n) is 4.65. The third-order valence-electron chi connectivity index (χ3n) is 2.52. The van der Waals surface area contributed by atoms with Crippen molar-refractivity contribution in [1.29, 1.82) is 0 Å². The lowest BCUT2D eigenvalue weighted by molar-refractivity contribution is 0.0695. The van der Waals surface area contributed by atoms with Crippen LogP contribution in [0, 0.1) is 13.8 Å². The number of benzene rings is 1. The third-order valence-corrected chi connectivity index (χ3v) is 3.50. The molecule has 7 nitrogen and oxygen atoms in total. The summed E-state index contributed by atoms with van der Waals surface area (Å²) in [5, 5.41) is 17.9. The first-order valence-corrected chi connectivity index (χ1v) is 6.09. The average molecular weight is 274 g/mol. The molecule has 0 radical (unpaired) electrons. The summed E-state index contributed by atoms with van der Waals surface area (Å²) in [5.74, 6) is -2.93. The second-order valence-electron chi connectivity index (χ2n) is 3.63. The summed E-state index contributed by atoms with van der Waals surface area (Å²) in [6, 6.07) is 0.745. The summed E-state index contributed by atoms with van der Waals surface area (Å²) < 4.78 is 31.1. The van der Waals surface area contributed by atoms with Crippen LogP contribution in [0.1, 0.15) is 31.8 Å². The predicted molar refractivity (Wildman–Crippen MR) is 59.6 cm³/mol. The van der Waals surface area contributed by atoms with Crippen molar-refractivity contribution in [2.24, 2.45) is 0 Å². The van der Waals surface area contributed by atoms with Gasteiger partial charge in [-0.2, -0.15) is 8.42 Å².